The average molecular weight is 285 g/mol. The first-order chi connectivity index (χ1) is 10.0. The summed E-state index contributed by atoms with van der Waals surface area (Å²) in [5, 5.41) is 3.31. The molecule has 1 atom stereocenters. The second kappa shape index (κ2) is 6.86. The van der Waals surface area contributed by atoms with Crippen molar-refractivity contribution in [3.63, 3.8) is 0 Å². The summed E-state index contributed by atoms with van der Waals surface area (Å²) < 4.78 is 13.5. The quantitative estimate of drug-likeness (QED) is 0.835. The van der Waals surface area contributed by atoms with Crippen LogP contribution in [0.25, 0.3) is 0 Å². The SMILES string of the molecule is CNC(Cc1ccc(C(C)C)cc1)c1cc(F)ccc1C. The molecule has 0 aliphatic carbocycles. The molecule has 0 aromatic heterocycles. The summed E-state index contributed by atoms with van der Waals surface area (Å²) in [6.45, 7) is 6.42. The predicted octanol–water partition coefficient (Wildman–Crippen LogP) is 4.76. The Morgan fingerprint density at radius 2 is 1.71 bits per heavy atom. The van der Waals surface area contributed by atoms with Crippen molar-refractivity contribution in [1.82, 2.24) is 5.32 Å². The number of likely N-dealkylation sites (N-methyl/N-ethyl adjacent to an activating group) is 1. The van der Waals surface area contributed by atoms with Crippen molar-refractivity contribution in [1.29, 1.82) is 0 Å². The van der Waals surface area contributed by atoms with Crippen LogP contribution in [0.4, 0.5) is 4.39 Å². The van der Waals surface area contributed by atoms with E-state index in [1.165, 1.54) is 17.2 Å². The lowest BCUT2D eigenvalue weighted by molar-refractivity contribution is 0.574. The molecule has 2 aromatic carbocycles. The summed E-state index contributed by atoms with van der Waals surface area (Å²) in [4.78, 5) is 0. The van der Waals surface area contributed by atoms with Gasteiger partial charge in [-0.15, -0.1) is 0 Å². The molecule has 2 aromatic rings. The van der Waals surface area contributed by atoms with Gasteiger partial charge in [0.05, 0.1) is 0 Å². The first-order valence-electron chi connectivity index (χ1n) is 7.53. The van der Waals surface area contributed by atoms with Gasteiger partial charge in [0.15, 0.2) is 0 Å². The molecule has 0 saturated heterocycles. The van der Waals surface area contributed by atoms with Gasteiger partial charge in [0.25, 0.3) is 0 Å². The van der Waals surface area contributed by atoms with E-state index in [1.54, 1.807) is 6.07 Å². The Labute approximate surface area is 127 Å². The Bertz CT molecular complexity index is 587. The molecule has 0 fully saturated rings. The molecule has 0 aliphatic rings. The van der Waals surface area contributed by atoms with E-state index in [-0.39, 0.29) is 11.9 Å². The zero-order chi connectivity index (χ0) is 15.4. The molecule has 2 rings (SSSR count). The Hall–Kier alpha value is -1.67. The van der Waals surface area contributed by atoms with Crippen molar-refractivity contribution in [2.24, 2.45) is 0 Å². The zero-order valence-corrected chi connectivity index (χ0v) is 13.3. The van der Waals surface area contributed by atoms with Gasteiger partial charge in [-0.25, -0.2) is 4.39 Å². The summed E-state index contributed by atoms with van der Waals surface area (Å²) in [7, 11) is 1.93. The molecule has 1 unspecified atom stereocenters. The third kappa shape index (κ3) is 3.92. The topological polar surface area (TPSA) is 12.0 Å². The van der Waals surface area contributed by atoms with Gasteiger partial charge in [0, 0.05) is 6.04 Å². The van der Waals surface area contributed by atoms with Crippen LogP contribution >= 0.6 is 0 Å². The number of nitrogens with one attached hydrogen (secondary N) is 1. The van der Waals surface area contributed by atoms with Crippen molar-refractivity contribution < 1.29 is 4.39 Å². The van der Waals surface area contributed by atoms with Crippen LogP contribution in [0, 0.1) is 12.7 Å². The molecule has 0 bridgehead atoms. The molecule has 0 radical (unpaired) electrons. The molecule has 1 N–H and O–H groups in total. The van der Waals surface area contributed by atoms with Crippen molar-refractivity contribution in [3.05, 3.63) is 70.5 Å². The van der Waals surface area contributed by atoms with E-state index in [0.29, 0.717) is 5.92 Å². The normalized spacial score (nSPS) is 12.7. The Kier molecular flexibility index (Phi) is 5.13. The van der Waals surface area contributed by atoms with Gasteiger partial charge in [-0.05, 0) is 60.7 Å². The number of hydrogen-bond donors (Lipinski definition) is 1. The van der Waals surface area contributed by atoms with E-state index in [9.17, 15) is 4.39 Å². The van der Waals surface area contributed by atoms with Crippen molar-refractivity contribution in [2.75, 3.05) is 7.05 Å². The molecule has 0 amide bonds. The van der Waals surface area contributed by atoms with Gasteiger partial charge in [-0.3, -0.25) is 0 Å². The lowest BCUT2D eigenvalue weighted by Gasteiger charge is -2.19. The van der Waals surface area contributed by atoms with Gasteiger partial charge in [-0.1, -0.05) is 44.2 Å². The van der Waals surface area contributed by atoms with Gasteiger partial charge >= 0.3 is 0 Å². The molecule has 112 valence electrons. The third-order valence-corrected chi connectivity index (χ3v) is 4.05. The van der Waals surface area contributed by atoms with E-state index in [2.05, 4.69) is 43.4 Å². The van der Waals surface area contributed by atoms with Gasteiger partial charge in [0.1, 0.15) is 5.82 Å². The maximum absolute atomic E-state index is 13.5. The molecule has 21 heavy (non-hydrogen) atoms. The number of rotatable bonds is 5. The highest BCUT2D eigenvalue weighted by Crippen LogP contribution is 2.23. The van der Waals surface area contributed by atoms with Crippen LogP contribution in [-0.2, 0) is 6.42 Å². The van der Waals surface area contributed by atoms with E-state index in [4.69, 9.17) is 0 Å². The minimum absolute atomic E-state index is 0.130. The number of halogens is 1. The fraction of sp³-hybridized carbons (Fsp3) is 0.368. The average Bonchev–Trinajstić information content (AvgIpc) is 2.48. The number of hydrogen-bond acceptors (Lipinski definition) is 1. The lowest BCUT2D eigenvalue weighted by atomic mass is 9.94. The zero-order valence-electron chi connectivity index (χ0n) is 13.3. The van der Waals surface area contributed by atoms with Crippen LogP contribution in [0.5, 0.6) is 0 Å². The molecular formula is C19H24FN. The predicted molar refractivity (Wildman–Crippen MR) is 87.2 cm³/mol. The molecule has 2 heteroatoms. The Morgan fingerprint density at radius 3 is 2.29 bits per heavy atom. The van der Waals surface area contributed by atoms with Crippen LogP contribution in [0.1, 0.15) is 48.1 Å². The van der Waals surface area contributed by atoms with Crippen molar-refractivity contribution in [3.8, 4) is 0 Å². The highest BCUT2D eigenvalue weighted by molar-refractivity contribution is 5.32. The lowest BCUT2D eigenvalue weighted by Crippen LogP contribution is -2.20. The molecular weight excluding hydrogens is 261 g/mol. The van der Waals surface area contributed by atoms with E-state index in [0.717, 1.165) is 17.5 Å². The maximum atomic E-state index is 13.5. The Balaban J connectivity index is 2.20. The largest absolute Gasteiger partial charge is 0.313 e. The summed E-state index contributed by atoms with van der Waals surface area (Å²) in [6.07, 6.45) is 0.860. The fourth-order valence-corrected chi connectivity index (χ4v) is 2.63. The summed E-state index contributed by atoms with van der Waals surface area (Å²) in [6, 6.07) is 13.9. The van der Waals surface area contributed by atoms with Gasteiger partial charge in [0.2, 0.25) is 0 Å². The monoisotopic (exact) mass is 285 g/mol. The van der Waals surface area contributed by atoms with Crippen LogP contribution in [-0.4, -0.2) is 7.05 Å². The maximum Gasteiger partial charge on any atom is 0.123 e. The minimum Gasteiger partial charge on any atom is -0.313 e. The molecule has 0 spiro atoms. The van der Waals surface area contributed by atoms with Crippen molar-refractivity contribution >= 4 is 0 Å². The van der Waals surface area contributed by atoms with E-state index >= 15 is 0 Å². The molecule has 0 saturated carbocycles. The van der Waals surface area contributed by atoms with Crippen LogP contribution in [0.2, 0.25) is 0 Å². The van der Waals surface area contributed by atoms with Gasteiger partial charge in [-0.2, -0.15) is 0 Å². The molecule has 0 aliphatic heterocycles. The first-order valence-corrected chi connectivity index (χ1v) is 7.53. The van der Waals surface area contributed by atoms with Crippen molar-refractivity contribution in [2.45, 2.75) is 39.2 Å². The van der Waals surface area contributed by atoms with Gasteiger partial charge < -0.3 is 5.32 Å². The standard InChI is InChI=1S/C19H24FN/c1-13(2)16-8-6-15(7-9-16)11-19(21-4)18-12-17(20)10-5-14(18)3/h5-10,12-13,19,21H,11H2,1-4H3. The third-order valence-electron chi connectivity index (χ3n) is 4.05. The van der Waals surface area contributed by atoms with Crippen LogP contribution in [0.3, 0.4) is 0 Å². The number of benzene rings is 2. The highest BCUT2D eigenvalue weighted by Gasteiger charge is 2.13. The van der Waals surface area contributed by atoms with E-state index < -0.39 is 0 Å². The second-order valence-corrected chi connectivity index (χ2v) is 5.94. The Morgan fingerprint density at radius 1 is 1.05 bits per heavy atom. The second-order valence-electron chi connectivity index (χ2n) is 5.94. The van der Waals surface area contributed by atoms with Crippen LogP contribution in [0.15, 0.2) is 42.5 Å². The summed E-state index contributed by atoms with van der Waals surface area (Å²) >= 11 is 0. The molecule has 1 nitrogen and oxygen atoms in total. The first kappa shape index (κ1) is 15.7. The smallest absolute Gasteiger partial charge is 0.123 e. The number of aryl methyl sites for hydroxylation is 1. The summed E-state index contributed by atoms with van der Waals surface area (Å²) in [5.41, 5.74) is 4.77. The molecule has 0 heterocycles. The minimum atomic E-state index is -0.175. The fourth-order valence-electron chi connectivity index (χ4n) is 2.63. The highest BCUT2D eigenvalue weighted by atomic mass is 19.1. The van der Waals surface area contributed by atoms with E-state index in [1.807, 2.05) is 20.0 Å². The van der Waals surface area contributed by atoms with Crippen LogP contribution < -0.4 is 5.32 Å². The summed E-state index contributed by atoms with van der Waals surface area (Å²) in [5.74, 6) is 0.371.